The first-order valence-corrected chi connectivity index (χ1v) is 22.5. The Morgan fingerprint density at radius 2 is 1.18 bits per heavy atom. The van der Waals surface area contributed by atoms with Crippen LogP contribution in [-0.4, -0.2) is 14.1 Å². The number of nitrogens with zero attached hydrogens (tertiary/aromatic N) is 4. The van der Waals surface area contributed by atoms with E-state index < -0.39 is 0 Å². The molecule has 10 rings (SSSR count). The van der Waals surface area contributed by atoms with E-state index in [-0.39, 0.29) is 37.3 Å². The first-order valence-electron chi connectivity index (χ1n) is 22.5. The third kappa shape index (κ3) is 8.42. The minimum atomic E-state index is -0.0474. The van der Waals surface area contributed by atoms with E-state index >= 15 is 0 Å². The number of hydrogen-bond acceptors (Lipinski definition) is 2. The largest absolute Gasteiger partial charge is 0.510 e. The number of pyridine rings is 1. The maximum atomic E-state index is 6.69. The number of fused-ring (bicyclic) bond motifs is 4. The van der Waals surface area contributed by atoms with Crippen LogP contribution in [0.15, 0.2) is 164 Å². The zero-order valence-electron chi connectivity index (χ0n) is 39.1. The topological polar surface area (TPSA) is 35.9 Å². The summed E-state index contributed by atoms with van der Waals surface area (Å²) < 4.78 is 13.2. The van der Waals surface area contributed by atoms with Gasteiger partial charge in [0, 0.05) is 44.3 Å². The summed E-state index contributed by atoms with van der Waals surface area (Å²) in [5, 5.41) is 2.20. The third-order valence-corrected chi connectivity index (χ3v) is 12.5. The molecule has 0 fully saturated rings. The summed E-state index contributed by atoms with van der Waals surface area (Å²) in [6.45, 7) is 20.3. The molecule has 6 heteroatoms. The molecule has 0 saturated heterocycles. The molecule has 0 unspecified atom stereocenters. The molecule has 3 aromatic heterocycles. The van der Waals surface area contributed by atoms with Gasteiger partial charge in [-0.15, -0.1) is 29.7 Å². The predicted octanol–water partition coefficient (Wildman–Crippen LogP) is 14.8. The summed E-state index contributed by atoms with van der Waals surface area (Å²) in [6.07, 6.45) is 5.67. The first-order chi connectivity index (χ1) is 31.1. The average Bonchev–Trinajstić information content (AvgIpc) is 3.84. The molecule has 3 heterocycles. The molecule has 66 heavy (non-hydrogen) atoms. The van der Waals surface area contributed by atoms with Gasteiger partial charge in [0.05, 0.1) is 16.7 Å². The molecule has 0 aliphatic carbocycles. The molecule has 0 aliphatic rings. The van der Waals surface area contributed by atoms with E-state index in [4.69, 9.17) is 9.72 Å². The molecule has 0 amide bonds. The van der Waals surface area contributed by atoms with Crippen molar-refractivity contribution in [3.8, 4) is 50.9 Å². The Hall–Kier alpha value is -6.55. The molecule has 0 N–H and O–H groups in total. The molecule has 0 bridgehead atoms. The Bertz CT molecular complexity index is 3390. The maximum Gasteiger partial charge on any atom is 0.268 e. The van der Waals surface area contributed by atoms with Crippen LogP contribution in [-0.2, 0) is 37.3 Å². The van der Waals surface area contributed by atoms with Crippen molar-refractivity contribution in [3.63, 3.8) is 0 Å². The predicted molar refractivity (Wildman–Crippen MR) is 267 cm³/mol. The maximum absolute atomic E-state index is 6.69. The second-order valence-corrected chi connectivity index (χ2v) is 20.2. The monoisotopic (exact) mass is 1040 g/mol. The van der Waals surface area contributed by atoms with Gasteiger partial charge in [-0.1, -0.05) is 171 Å². The number of hydrogen-bond donors (Lipinski definition) is 0. The van der Waals surface area contributed by atoms with Gasteiger partial charge in [0.25, 0.3) is 6.33 Å². The summed E-state index contributed by atoms with van der Waals surface area (Å²) >= 11 is 0. The van der Waals surface area contributed by atoms with Crippen LogP contribution in [0, 0.1) is 18.5 Å². The molecule has 10 aromatic rings. The number of ether oxygens (including phenoxy) is 1. The fourth-order valence-electron chi connectivity index (χ4n) is 8.78. The minimum absolute atomic E-state index is 0. The van der Waals surface area contributed by atoms with Crippen LogP contribution >= 0.6 is 0 Å². The molecular weight excluding hydrogens is 988 g/mol. The summed E-state index contributed by atoms with van der Waals surface area (Å²) in [4.78, 5) is 4.92. The minimum Gasteiger partial charge on any atom is -0.510 e. The Balaban J connectivity index is 0.00000548. The van der Waals surface area contributed by atoms with Crippen LogP contribution in [0.3, 0.4) is 0 Å². The molecule has 332 valence electrons. The number of aromatic nitrogens is 4. The fourth-order valence-corrected chi connectivity index (χ4v) is 8.78. The molecule has 0 atom stereocenters. The van der Waals surface area contributed by atoms with E-state index in [0.29, 0.717) is 11.5 Å². The van der Waals surface area contributed by atoms with E-state index in [2.05, 4.69) is 234 Å². The molecule has 0 saturated carbocycles. The Morgan fingerprint density at radius 1 is 0.515 bits per heavy atom. The first kappa shape index (κ1) is 44.6. The van der Waals surface area contributed by atoms with Gasteiger partial charge in [0.2, 0.25) is 0 Å². The van der Waals surface area contributed by atoms with Crippen molar-refractivity contribution in [1.82, 2.24) is 14.1 Å². The van der Waals surface area contributed by atoms with E-state index in [0.717, 1.165) is 66.7 Å². The van der Waals surface area contributed by atoms with Crippen molar-refractivity contribution in [1.29, 1.82) is 0 Å². The molecule has 0 aliphatic heterocycles. The van der Waals surface area contributed by atoms with E-state index in [1.807, 2.05) is 24.4 Å². The van der Waals surface area contributed by atoms with Gasteiger partial charge in [-0.2, -0.15) is 18.2 Å². The second kappa shape index (κ2) is 17.0. The standard InChI is InChI=1S/C60H54N4O.Pt/c1-58(2,3)43-25-22-41(23-26-43)49-29-27-44(59(4,5)6)35-55(49)63-39-62(53-20-13-14-21-54(53)63)46-18-15-19-47(37-46)65-48-28-30-50-51-34-42(40-16-11-10-12-17-40)24-31-52(51)64(56(50)38-48)57-36-45(32-33-61-57)60(7,8)9;/h10-36H,1-9H3;/q-2;. The van der Waals surface area contributed by atoms with Crippen molar-refractivity contribution < 1.29 is 30.4 Å². The quantitative estimate of drug-likeness (QED) is 0.118. The summed E-state index contributed by atoms with van der Waals surface area (Å²) in [6, 6.07) is 63.3. The van der Waals surface area contributed by atoms with E-state index in [1.165, 1.54) is 22.3 Å². The van der Waals surface area contributed by atoms with Crippen LogP contribution in [0.4, 0.5) is 0 Å². The van der Waals surface area contributed by atoms with Crippen molar-refractivity contribution >= 4 is 32.8 Å². The summed E-state index contributed by atoms with van der Waals surface area (Å²) in [5.41, 5.74) is 14.3. The van der Waals surface area contributed by atoms with Crippen LogP contribution in [0.2, 0.25) is 0 Å². The van der Waals surface area contributed by atoms with E-state index in [9.17, 15) is 0 Å². The van der Waals surface area contributed by atoms with Gasteiger partial charge in [-0.05, 0) is 90.5 Å². The number of benzene rings is 7. The van der Waals surface area contributed by atoms with Gasteiger partial charge in [-0.25, -0.2) is 4.98 Å². The van der Waals surface area contributed by atoms with Gasteiger partial charge in [0.1, 0.15) is 5.82 Å². The number of rotatable bonds is 7. The smallest absolute Gasteiger partial charge is 0.268 e. The molecule has 0 spiro atoms. The molecular formula is C60H54N4OPt-2. The fraction of sp³-hybridized carbons (Fsp3) is 0.200. The summed E-state index contributed by atoms with van der Waals surface area (Å²) in [5.74, 6) is 2.00. The van der Waals surface area contributed by atoms with Crippen LogP contribution < -0.4 is 9.30 Å². The zero-order chi connectivity index (χ0) is 45.3. The summed E-state index contributed by atoms with van der Waals surface area (Å²) in [7, 11) is 0. The SMILES string of the molecule is CC(C)(C)c1ccc(-c2ccc(C(C)(C)C)cc2-[n+]2[c-]n(-c3[c-]c(Oc4[c-]c5c(cc4)c4cc(-c6ccccc6)ccc4n5-c4cc(C(C)(C)C)ccn4)ccc3)c3ccccc32)cc1.[Pt]. The van der Waals surface area contributed by atoms with Gasteiger partial charge >= 0.3 is 0 Å². The Kier molecular flexibility index (Phi) is 11.5. The zero-order valence-corrected chi connectivity index (χ0v) is 41.4. The van der Waals surface area contributed by atoms with Crippen molar-refractivity contribution in [2.75, 3.05) is 0 Å². The van der Waals surface area contributed by atoms with Crippen molar-refractivity contribution in [2.24, 2.45) is 0 Å². The molecule has 0 radical (unpaired) electrons. The second-order valence-electron chi connectivity index (χ2n) is 20.2. The van der Waals surface area contributed by atoms with Crippen LogP contribution in [0.1, 0.15) is 79.0 Å². The number of imidazole rings is 1. The van der Waals surface area contributed by atoms with Crippen molar-refractivity contribution in [2.45, 2.75) is 78.6 Å². The van der Waals surface area contributed by atoms with Gasteiger partial charge < -0.3 is 13.9 Å². The van der Waals surface area contributed by atoms with Crippen LogP contribution in [0.5, 0.6) is 11.5 Å². The van der Waals surface area contributed by atoms with Gasteiger partial charge in [0.15, 0.2) is 0 Å². The average molecular weight is 1040 g/mol. The Morgan fingerprint density at radius 3 is 1.92 bits per heavy atom. The number of para-hydroxylation sites is 2. The van der Waals surface area contributed by atoms with E-state index in [1.54, 1.807) is 0 Å². The molecule has 5 nitrogen and oxygen atoms in total. The Labute approximate surface area is 403 Å². The third-order valence-electron chi connectivity index (χ3n) is 12.5. The molecule has 7 aromatic carbocycles. The van der Waals surface area contributed by atoms with Crippen LogP contribution in [0.25, 0.3) is 72.3 Å². The van der Waals surface area contributed by atoms with Crippen molar-refractivity contribution in [3.05, 3.63) is 199 Å². The van der Waals surface area contributed by atoms with Gasteiger partial charge in [-0.3, -0.25) is 4.57 Å². The normalized spacial score (nSPS) is 12.2.